The molecule has 0 saturated carbocycles. The Hall–Kier alpha value is -1.91. The van der Waals surface area contributed by atoms with Crippen molar-refractivity contribution < 1.29 is 14.7 Å². The molecule has 0 spiro atoms. The molecule has 1 heterocycles. The first kappa shape index (κ1) is 15.1. The van der Waals surface area contributed by atoms with Gasteiger partial charge in [-0.15, -0.1) is 0 Å². The lowest BCUT2D eigenvalue weighted by Gasteiger charge is -2.29. The molecule has 0 aliphatic heterocycles. The van der Waals surface area contributed by atoms with Crippen molar-refractivity contribution in [2.24, 2.45) is 11.3 Å². The Kier molecular flexibility index (Phi) is 4.64. The van der Waals surface area contributed by atoms with E-state index in [0.717, 1.165) is 5.69 Å². The van der Waals surface area contributed by atoms with Crippen molar-refractivity contribution in [2.45, 2.75) is 27.3 Å². The third kappa shape index (κ3) is 4.05. The number of carbonyl (C=O) groups is 2. The molecule has 0 aromatic carbocycles. The zero-order valence-corrected chi connectivity index (χ0v) is 11.8. The third-order valence-electron chi connectivity index (χ3n) is 2.86. The van der Waals surface area contributed by atoms with E-state index in [1.54, 1.807) is 46.1 Å². The molecule has 0 fully saturated rings. The van der Waals surface area contributed by atoms with Gasteiger partial charge in [-0.05, 0) is 17.5 Å². The van der Waals surface area contributed by atoms with E-state index in [0.29, 0.717) is 6.54 Å². The van der Waals surface area contributed by atoms with Crippen LogP contribution in [0.1, 0.15) is 26.5 Å². The molecule has 1 unspecified atom stereocenters. The first-order valence-electron chi connectivity index (χ1n) is 6.11. The largest absolute Gasteiger partial charge is 0.481 e. The summed E-state index contributed by atoms with van der Waals surface area (Å²) in [6.45, 7) is 5.55. The van der Waals surface area contributed by atoms with E-state index < -0.39 is 23.2 Å². The van der Waals surface area contributed by atoms with E-state index in [1.807, 2.05) is 6.07 Å². The highest BCUT2D eigenvalue weighted by molar-refractivity contribution is 5.97. The summed E-state index contributed by atoms with van der Waals surface area (Å²) >= 11 is 0. The van der Waals surface area contributed by atoms with Gasteiger partial charge in [-0.1, -0.05) is 26.8 Å². The second kappa shape index (κ2) is 5.82. The molecule has 5 nitrogen and oxygen atoms in total. The van der Waals surface area contributed by atoms with E-state index in [9.17, 15) is 14.7 Å². The summed E-state index contributed by atoms with van der Waals surface area (Å²) in [5.41, 5.74) is 0.109. The molecule has 0 aliphatic rings. The smallest absolute Gasteiger partial charge is 0.316 e. The molecule has 1 aromatic heterocycles. The second-order valence-corrected chi connectivity index (χ2v) is 5.65. The number of carbonyl (C=O) groups excluding carboxylic acids is 1. The number of rotatable bonds is 4. The van der Waals surface area contributed by atoms with Gasteiger partial charge in [0.25, 0.3) is 0 Å². The highest BCUT2D eigenvalue weighted by atomic mass is 16.4. The molecule has 1 aromatic rings. The zero-order valence-electron chi connectivity index (χ0n) is 11.8. The summed E-state index contributed by atoms with van der Waals surface area (Å²) in [7, 11) is 1.60. The lowest BCUT2D eigenvalue weighted by Crippen LogP contribution is -2.43. The average Bonchev–Trinajstić information content (AvgIpc) is 2.27. The van der Waals surface area contributed by atoms with Gasteiger partial charge in [-0.2, -0.15) is 0 Å². The topological polar surface area (TPSA) is 70.5 Å². The SMILES string of the molecule is CN(Cc1ccccn1)C(=O)C(C(=O)O)C(C)(C)C. The number of hydrogen-bond donors (Lipinski definition) is 1. The fourth-order valence-corrected chi connectivity index (χ4v) is 1.88. The molecule has 0 radical (unpaired) electrons. The standard InChI is InChI=1S/C14H20N2O3/c1-14(2,3)11(13(18)19)12(17)16(4)9-10-7-5-6-8-15-10/h5-8,11H,9H2,1-4H3,(H,18,19). The van der Waals surface area contributed by atoms with Crippen molar-refractivity contribution in [3.05, 3.63) is 30.1 Å². The van der Waals surface area contributed by atoms with Crippen molar-refractivity contribution in [1.29, 1.82) is 0 Å². The molecule has 104 valence electrons. The number of carboxylic acid groups (broad SMARTS) is 1. The van der Waals surface area contributed by atoms with E-state index in [1.165, 1.54) is 4.90 Å². The monoisotopic (exact) mass is 264 g/mol. The number of pyridine rings is 1. The maximum absolute atomic E-state index is 12.3. The zero-order chi connectivity index (χ0) is 14.6. The van der Waals surface area contributed by atoms with Gasteiger partial charge in [0.15, 0.2) is 0 Å². The van der Waals surface area contributed by atoms with Gasteiger partial charge in [-0.25, -0.2) is 0 Å². The van der Waals surface area contributed by atoms with E-state index in [2.05, 4.69) is 4.98 Å². The quantitative estimate of drug-likeness (QED) is 0.842. The summed E-state index contributed by atoms with van der Waals surface area (Å²) in [5.74, 6) is -2.54. The van der Waals surface area contributed by atoms with Crippen molar-refractivity contribution in [3.63, 3.8) is 0 Å². The van der Waals surface area contributed by atoms with Gasteiger partial charge in [0.2, 0.25) is 5.91 Å². The van der Waals surface area contributed by atoms with E-state index in [4.69, 9.17) is 0 Å². The minimum Gasteiger partial charge on any atom is -0.481 e. The van der Waals surface area contributed by atoms with E-state index >= 15 is 0 Å². The van der Waals surface area contributed by atoms with Crippen LogP contribution >= 0.6 is 0 Å². The van der Waals surface area contributed by atoms with Crippen LogP contribution in [0.4, 0.5) is 0 Å². The molecule has 1 atom stereocenters. The number of carboxylic acids is 1. The van der Waals surface area contributed by atoms with Crippen LogP contribution in [0.3, 0.4) is 0 Å². The average molecular weight is 264 g/mol. The van der Waals surface area contributed by atoms with Gasteiger partial charge < -0.3 is 10.0 Å². The molecular formula is C14H20N2O3. The Morgan fingerprint density at radius 1 is 1.37 bits per heavy atom. The third-order valence-corrected chi connectivity index (χ3v) is 2.86. The highest BCUT2D eigenvalue weighted by Crippen LogP contribution is 2.28. The molecular weight excluding hydrogens is 244 g/mol. The van der Waals surface area contributed by atoms with Gasteiger partial charge in [0, 0.05) is 13.2 Å². The van der Waals surface area contributed by atoms with Gasteiger partial charge >= 0.3 is 5.97 Å². The van der Waals surface area contributed by atoms with Gasteiger partial charge in [0.1, 0.15) is 5.92 Å². The number of amides is 1. The Balaban J connectivity index is 2.83. The fraction of sp³-hybridized carbons (Fsp3) is 0.500. The first-order valence-corrected chi connectivity index (χ1v) is 6.11. The summed E-state index contributed by atoms with van der Waals surface area (Å²) in [4.78, 5) is 29.1. The Morgan fingerprint density at radius 2 is 2.00 bits per heavy atom. The fourth-order valence-electron chi connectivity index (χ4n) is 1.88. The van der Waals surface area contributed by atoms with Crippen molar-refractivity contribution in [2.75, 3.05) is 7.05 Å². The Bertz CT molecular complexity index is 452. The van der Waals surface area contributed by atoms with Crippen molar-refractivity contribution >= 4 is 11.9 Å². The summed E-state index contributed by atoms with van der Waals surface area (Å²) in [5, 5.41) is 9.23. The molecule has 0 bridgehead atoms. The summed E-state index contributed by atoms with van der Waals surface area (Å²) in [6.07, 6.45) is 1.64. The minimum absolute atomic E-state index is 0.305. The maximum Gasteiger partial charge on any atom is 0.316 e. The van der Waals surface area contributed by atoms with Crippen LogP contribution < -0.4 is 0 Å². The summed E-state index contributed by atoms with van der Waals surface area (Å²) < 4.78 is 0. The van der Waals surface area contributed by atoms with Crippen LogP contribution in [0.5, 0.6) is 0 Å². The highest BCUT2D eigenvalue weighted by Gasteiger charge is 2.39. The predicted octanol–water partition coefficient (Wildman–Crippen LogP) is 1.79. The van der Waals surface area contributed by atoms with Crippen LogP contribution in [-0.4, -0.2) is 33.9 Å². The number of aliphatic carboxylic acids is 1. The lowest BCUT2D eigenvalue weighted by molar-refractivity contribution is -0.155. The Labute approximate surface area is 113 Å². The minimum atomic E-state index is -1.09. The molecule has 1 rings (SSSR count). The molecule has 19 heavy (non-hydrogen) atoms. The summed E-state index contributed by atoms with van der Waals surface area (Å²) in [6, 6.07) is 5.43. The van der Waals surface area contributed by atoms with Crippen LogP contribution in [-0.2, 0) is 16.1 Å². The lowest BCUT2D eigenvalue weighted by atomic mass is 9.80. The van der Waals surface area contributed by atoms with E-state index in [-0.39, 0.29) is 0 Å². The molecule has 1 N–H and O–H groups in total. The van der Waals surface area contributed by atoms with Crippen molar-refractivity contribution in [1.82, 2.24) is 9.88 Å². The first-order chi connectivity index (χ1) is 8.73. The Morgan fingerprint density at radius 3 is 2.42 bits per heavy atom. The predicted molar refractivity (Wildman–Crippen MR) is 71.3 cm³/mol. The van der Waals surface area contributed by atoms with Gasteiger partial charge in [0.05, 0.1) is 12.2 Å². The molecule has 1 amide bonds. The number of aromatic nitrogens is 1. The molecule has 0 aliphatic carbocycles. The molecule has 0 saturated heterocycles. The van der Waals surface area contributed by atoms with Crippen LogP contribution in [0.2, 0.25) is 0 Å². The number of nitrogens with zero attached hydrogens (tertiary/aromatic N) is 2. The maximum atomic E-state index is 12.3. The van der Waals surface area contributed by atoms with Crippen molar-refractivity contribution in [3.8, 4) is 0 Å². The van der Waals surface area contributed by atoms with Crippen LogP contribution in [0.25, 0.3) is 0 Å². The molecule has 5 heteroatoms. The van der Waals surface area contributed by atoms with Gasteiger partial charge in [-0.3, -0.25) is 14.6 Å². The second-order valence-electron chi connectivity index (χ2n) is 5.65. The van der Waals surface area contributed by atoms with Crippen LogP contribution in [0, 0.1) is 11.3 Å². The van der Waals surface area contributed by atoms with Crippen LogP contribution in [0.15, 0.2) is 24.4 Å². The number of hydrogen-bond acceptors (Lipinski definition) is 3. The normalized spacial score (nSPS) is 12.8.